The van der Waals surface area contributed by atoms with Crippen molar-refractivity contribution in [2.24, 2.45) is 11.8 Å². The van der Waals surface area contributed by atoms with Crippen LogP contribution < -0.4 is 16.0 Å². The zero-order chi connectivity index (χ0) is 13.4. The molecule has 1 aromatic carbocycles. The van der Waals surface area contributed by atoms with Crippen LogP contribution in [0, 0.1) is 12.8 Å². The zero-order valence-corrected chi connectivity index (χ0v) is 11.8. The summed E-state index contributed by atoms with van der Waals surface area (Å²) in [7, 11) is 0. The van der Waals surface area contributed by atoms with Gasteiger partial charge >= 0.3 is 0 Å². The first kappa shape index (κ1) is 15.0. The Morgan fingerprint density at radius 1 is 1.28 bits per heavy atom. The summed E-state index contributed by atoms with van der Waals surface area (Å²) in [5.74, 6) is 7.18. The first-order valence-corrected chi connectivity index (χ1v) is 6.86. The third kappa shape index (κ3) is 4.67. The Hall–Kier alpha value is -1.06. The van der Waals surface area contributed by atoms with Gasteiger partial charge < -0.3 is 4.74 Å². The number of rotatable bonds is 8. The van der Waals surface area contributed by atoms with E-state index in [1.165, 1.54) is 5.56 Å². The fraction of sp³-hybridized carbons (Fsp3) is 0.600. The molecule has 0 saturated heterocycles. The molecule has 0 aliphatic carbocycles. The van der Waals surface area contributed by atoms with Gasteiger partial charge in [-0.3, -0.25) is 11.3 Å². The maximum absolute atomic E-state index is 5.76. The highest BCUT2D eigenvalue weighted by Gasteiger charge is 2.16. The van der Waals surface area contributed by atoms with Crippen molar-refractivity contribution in [3.63, 3.8) is 0 Å². The lowest BCUT2D eigenvalue weighted by Gasteiger charge is -2.24. The van der Waals surface area contributed by atoms with Crippen LogP contribution in [0.15, 0.2) is 24.3 Å². The van der Waals surface area contributed by atoms with Crippen LogP contribution in [0.3, 0.4) is 0 Å². The molecule has 0 radical (unpaired) electrons. The van der Waals surface area contributed by atoms with Gasteiger partial charge in [0.05, 0.1) is 6.61 Å². The Balaban J connectivity index is 2.39. The van der Waals surface area contributed by atoms with E-state index in [2.05, 4.69) is 38.3 Å². The Labute approximate surface area is 111 Å². The molecule has 0 aliphatic rings. The first-order chi connectivity index (χ1) is 8.71. The van der Waals surface area contributed by atoms with Gasteiger partial charge in [0, 0.05) is 6.04 Å². The van der Waals surface area contributed by atoms with Crippen LogP contribution in [-0.2, 0) is 0 Å². The monoisotopic (exact) mass is 250 g/mol. The van der Waals surface area contributed by atoms with Gasteiger partial charge in [-0.15, -0.1) is 0 Å². The van der Waals surface area contributed by atoms with E-state index in [4.69, 9.17) is 10.6 Å². The molecule has 0 fully saturated rings. The molecule has 0 aliphatic heterocycles. The van der Waals surface area contributed by atoms with Crippen LogP contribution in [0.25, 0.3) is 0 Å². The fourth-order valence-electron chi connectivity index (χ4n) is 2.32. The maximum Gasteiger partial charge on any atom is 0.119 e. The molecule has 3 nitrogen and oxygen atoms in total. The van der Waals surface area contributed by atoms with Crippen LogP contribution in [0.4, 0.5) is 0 Å². The smallest absolute Gasteiger partial charge is 0.119 e. The van der Waals surface area contributed by atoms with E-state index in [0.717, 1.165) is 25.0 Å². The molecule has 1 atom stereocenters. The average molecular weight is 250 g/mol. The number of nitrogens with one attached hydrogen (secondary N) is 1. The van der Waals surface area contributed by atoms with Gasteiger partial charge in [-0.1, -0.05) is 38.8 Å². The van der Waals surface area contributed by atoms with E-state index in [0.29, 0.717) is 18.6 Å². The van der Waals surface area contributed by atoms with Gasteiger partial charge in [0.25, 0.3) is 0 Å². The quantitative estimate of drug-likeness (QED) is 0.550. The van der Waals surface area contributed by atoms with Gasteiger partial charge in [0.15, 0.2) is 0 Å². The highest BCUT2D eigenvalue weighted by molar-refractivity contribution is 5.27. The largest absolute Gasteiger partial charge is 0.494 e. The lowest BCUT2D eigenvalue weighted by atomic mass is 9.92. The van der Waals surface area contributed by atoms with E-state index in [-0.39, 0.29) is 0 Å². The van der Waals surface area contributed by atoms with Crippen LogP contribution in [-0.4, -0.2) is 12.6 Å². The molecular formula is C15H26N2O. The fourth-order valence-corrected chi connectivity index (χ4v) is 2.32. The molecule has 0 heterocycles. The molecule has 1 rings (SSSR count). The summed E-state index contributed by atoms with van der Waals surface area (Å²) in [5, 5.41) is 0. The van der Waals surface area contributed by atoms with Crippen molar-refractivity contribution in [2.45, 2.75) is 46.1 Å². The molecule has 1 aromatic rings. The number of hydrazine groups is 1. The number of benzene rings is 1. The van der Waals surface area contributed by atoms with Crippen LogP contribution in [0.5, 0.6) is 5.75 Å². The summed E-state index contributed by atoms with van der Waals surface area (Å²) < 4.78 is 5.76. The first-order valence-electron chi connectivity index (χ1n) is 6.86. The summed E-state index contributed by atoms with van der Waals surface area (Å²) in [4.78, 5) is 0. The Bertz CT molecular complexity index is 337. The van der Waals surface area contributed by atoms with Crippen molar-refractivity contribution < 1.29 is 4.74 Å². The SMILES string of the molecule is CCC(CC)C(CCOc1cccc(C)c1)NN. The van der Waals surface area contributed by atoms with E-state index in [1.54, 1.807) is 0 Å². The predicted octanol–water partition coefficient (Wildman–Crippen LogP) is 3.03. The minimum Gasteiger partial charge on any atom is -0.494 e. The second kappa shape index (κ2) is 8.11. The number of nitrogens with two attached hydrogens (primary N) is 1. The van der Waals surface area contributed by atoms with Crippen molar-refractivity contribution in [1.29, 1.82) is 0 Å². The molecule has 0 aromatic heterocycles. The van der Waals surface area contributed by atoms with Crippen molar-refractivity contribution in [3.05, 3.63) is 29.8 Å². The minimum absolute atomic E-state index is 0.338. The summed E-state index contributed by atoms with van der Waals surface area (Å²) in [5.41, 5.74) is 4.14. The van der Waals surface area contributed by atoms with Gasteiger partial charge in [0.2, 0.25) is 0 Å². The van der Waals surface area contributed by atoms with E-state index in [9.17, 15) is 0 Å². The Morgan fingerprint density at radius 3 is 2.56 bits per heavy atom. The van der Waals surface area contributed by atoms with Crippen molar-refractivity contribution in [2.75, 3.05) is 6.61 Å². The number of hydrogen-bond acceptors (Lipinski definition) is 3. The third-order valence-corrected chi connectivity index (χ3v) is 3.52. The van der Waals surface area contributed by atoms with Crippen LogP contribution in [0.1, 0.15) is 38.7 Å². The molecule has 0 saturated carbocycles. The normalized spacial score (nSPS) is 12.7. The highest BCUT2D eigenvalue weighted by atomic mass is 16.5. The van der Waals surface area contributed by atoms with Crippen LogP contribution >= 0.6 is 0 Å². The topological polar surface area (TPSA) is 47.3 Å². The van der Waals surface area contributed by atoms with E-state index < -0.39 is 0 Å². The van der Waals surface area contributed by atoms with Crippen LogP contribution in [0.2, 0.25) is 0 Å². The molecule has 18 heavy (non-hydrogen) atoms. The van der Waals surface area contributed by atoms with Crippen molar-refractivity contribution in [3.8, 4) is 5.75 Å². The molecule has 0 amide bonds. The molecule has 1 unspecified atom stereocenters. The van der Waals surface area contributed by atoms with Crippen molar-refractivity contribution >= 4 is 0 Å². The van der Waals surface area contributed by atoms with Gasteiger partial charge in [-0.05, 0) is 37.0 Å². The number of hydrogen-bond donors (Lipinski definition) is 2. The summed E-state index contributed by atoms with van der Waals surface area (Å²) in [6.45, 7) is 7.19. The second-order valence-electron chi connectivity index (χ2n) is 4.80. The lowest BCUT2D eigenvalue weighted by molar-refractivity contribution is 0.244. The molecule has 102 valence electrons. The highest BCUT2D eigenvalue weighted by Crippen LogP contribution is 2.17. The lowest BCUT2D eigenvalue weighted by Crippen LogP contribution is -2.41. The van der Waals surface area contributed by atoms with E-state index in [1.807, 2.05) is 12.1 Å². The Kier molecular flexibility index (Phi) is 6.76. The molecule has 0 spiro atoms. The summed E-state index contributed by atoms with van der Waals surface area (Å²) >= 11 is 0. The third-order valence-electron chi connectivity index (χ3n) is 3.52. The standard InChI is InChI=1S/C15H26N2O/c1-4-13(5-2)15(17-16)9-10-18-14-8-6-7-12(3)11-14/h6-8,11,13,15,17H,4-5,9-10,16H2,1-3H3. The van der Waals surface area contributed by atoms with E-state index >= 15 is 0 Å². The number of ether oxygens (including phenoxy) is 1. The average Bonchev–Trinajstić information content (AvgIpc) is 2.38. The van der Waals surface area contributed by atoms with Gasteiger partial charge in [-0.2, -0.15) is 0 Å². The summed E-state index contributed by atoms with van der Waals surface area (Å²) in [6, 6.07) is 8.48. The maximum atomic E-state index is 5.76. The molecule has 0 bridgehead atoms. The van der Waals surface area contributed by atoms with Gasteiger partial charge in [0.1, 0.15) is 5.75 Å². The van der Waals surface area contributed by atoms with Crippen molar-refractivity contribution in [1.82, 2.24) is 5.43 Å². The van der Waals surface area contributed by atoms with Gasteiger partial charge in [-0.25, -0.2) is 0 Å². The minimum atomic E-state index is 0.338. The molecule has 3 heteroatoms. The molecular weight excluding hydrogens is 224 g/mol. The predicted molar refractivity (Wildman–Crippen MR) is 76.5 cm³/mol. The Morgan fingerprint density at radius 2 is 2.00 bits per heavy atom. The molecule has 3 N–H and O–H groups in total. The number of aryl methyl sites for hydroxylation is 1. The summed E-state index contributed by atoms with van der Waals surface area (Å²) in [6.07, 6.45) is 3.24. The second-order valence-corrected chi connectivity index (χ2v) is 4.80. The zero-order valence-electron chi connectivity index (χ0n) is 11.8.